The van der Waals surface area contributed by atoms with Gasteiger partial charge in [-0.3, -0.25) is 4.79 Å². The Balaban J connectivity index is 0.00000151. The number of aliphatic hydroxyl groups is 2. The molecule has 0 aromatic heterocycles. The summed E-state index contributed by atoms with van der Waals surface area (Å²) in [7, 11) is 0. The first-order valence-corrected chi connectivity index (χ1v) is 9.59. The van der Waals surface area contributed by atoms with Crippen LogP contribution in [-0.4, -0.2) is 28.7 Å². The Morgan fingerprint density at radius 2 is 2.04 bits per heavy atom. The van der Waals surface area contributed by atoms with Crippen molar-refractivity contribution in [2.24, 2.45) is 16.7 Å². The van der Waals surface area contributed by atoms with Crippen LogP contribution in [0.4, 0.5) is 0 Å². The van der Waals surface area contributed by atoms with Gasteiger partial charge in [0, 0.05) is 29.4 Å². The zero-order valence-electron chi connectivity index (χ0n) is 16.7. The average molecular weight is 349 g/mol. The number of hydrogen-bond acceptors (Lipinski definition) is 3. The van der Waals surface area contributed by atoms with E-state index in [4.69, 9.17) is 0 Å². The summed E-state index contributed by atoms with van der Waals surface area (Å²) in [6, 6.07) is 0. The number of allylic oxidation sites excluding steroid dienone is 2. The Labute approximate surface area is 153 Å². The average Bonchev–Trinajstić information content (AvgIpc) is 2.97. The van der Waals surface area contributed by atoms with Crippen molar-refractivity contribution in [3.63, 3.8) is 0 Å². The van der Waals surface area contributed by atoms with Gasteiger partial charge in [0.15, 0.2) is 5.78 Å². The molecule has 0 radical (unpaired) electrons. The first kappa shape index (κ1) is 21.9. The minimum absolute atomic E-state index is 0.0163. The maximum atomic E-state index is 12.5. The first-order chi connectivity index (χ1) is 11.7. The van der Waals surface area contributed by atoms with E-state index in [2.05, 4.69) is 27.0 Å². The zero-order chi connectivity index (χ0) is 19.4. The SMILES string of the molecule is C=CC(C)(CCO)C(O)C(=C)C12CCC(=O)C1=C(C)C(C)CC2.CC. The number of carbonyl (C=O) groups is 1. The Kier molecular flexibility index (Phi) is 7.40. The molecule has 25 heavy (non-hydrogen) atoms. The van der Waals surface area contributed by atoms with E-state index in [9.17, 15) is 15.0 Å². The minimum atomic E-state index is -0.811. The van der Waals surface area contributed by atoms with Gasteiger partial charge in [0.25, 0.3) is 0 Å². The molecule has 0 amide bonds. The molecule has 0 aromatic rings. The molecule has 0 spiro atoms. The van der Waals surface area contributed by atoms with Crippen LogP contribution in [0.1, 0.15) is 66.7 Å². The van der Waals surface area contributed by atoms with E-state index in [1.54, 1.807) is 6.08 Å². The highest BCUT2D eigenvalue weighted by Gasteiger charge is 2.52. The van der Waals surface area contributed by atoms with Crippen LogP contribution < -0.4 is 0 Å². The zero-order valence-corrected chi connectivity index (χ0v) is 16.7. The van der Waals surface area contributed by atoms with Gasteiger partial charge in [-0.05, 0) is 44.1 Å². The number of carbonyl (C=O) groups excluding carboxylic acids is 1. The van der Waals surface area contributed by atoms with Crippen LogP contribution in [0.25, 0.3) is 0 Å². The van der Waals surface area contributed by atoms with Gasteiger partial charge in [0.05, 0.1) is 6.10 Å². The molecule has 2 aliphatic carbocycles. The molecule has 1 saturated carbocycles. The molecule has 1 fully saturated rings. The number of ketones is 1. The van der Waals surface area contributed by atoms with Crippen molar-refractivity contribution < 1.29 is 15.0 Å². The van der Waals surface area contributed by atoms with Gasteiger partial charge < -0.3 is 10.2 Å². The number of aliphatic hydroxyl groups excluding tert-OH is 2. The second-order valence-electron chi connectivity index (χ2n) is 7.61. The van der Waals surface area contributed by atoms with Crippen LogP contribution in [0.15, 0.2) is 36.0 Å². The Hall–Kier alpha value is -1.19. The Morgan fingerprint density at radius 3 is 2.56 bits per heavy atom. The molecule has 0 bridgehead atoms. The molecule has 0 heterocycles. The summed E-state index contributed by atoms with van der Waals surface area (Å²) < 4.78 is 0. The fourth-order valence-corrected chi connectivity index (χ4v) is 4.35. The fourth-order valence-electron chi connectivity index (χ4n) is 4.35. The Bertz CT molecular complexity index is 560. The summed E-state index contributed by atoms with van der Waals surface area (Å²) in [6.45, 7) is 18.2. The van der Waals surface area contributed by atoms with E-state index in [-0.39, 0.29) is 12.4 Å². The lowest BCUT2D eigenvalue weighted by molar-refractivity contribution is -0.114. The van der Waals surface area contributed by atoms with Crippen LogP contribution in [0.3, 0.4) is 0 Å². The van der Waals surface area contributed by atoms with E-state index in [1.165, 1.54) is 0 Å². The fraction of sp³-hybridized carbons (Fsp3) is 0.682. The van der Waals surface area contributed by atoms with Crippen LogP contribution in [0.5, 0.6) is 0 Å². The molecule has 2 rings (SSSR count). The third-order valence-electron chi connectivity index (χ3n) is 6.36. The second kappa shape index (κ2) is 8.46. The summed E-state index contributed by atoms with van der Waals surface area (Å²) in [5.74, 6) is 0.623. The van der Waals surface area contributed by atoms with Crippen LogP contribution in [0, 0.1) is 16.7 Å². The van der Waals surface area contributed by atoms with Gasteiger partial charge in [0.1, 0.15) is 0 Å². The van der Waals surface area contributed by atoms with Crippen molar-refractivity contribution in [1.82, 2.24) is 0 Å². The number of hydrogen-bond donors (Lipinski definition) is 2. The number of fused-ring (bicyclic) bond motifs is 1. The lowest BCUT2D eigenvalue weighted by atomic mass is 9.61. The molecule has 4 unspecified atom stereocenters. The maximum absolute atomic E-state index is 12.5. The number of Topliss-reactive ketones (excluding diaryl/α,β-unsaturated/α-hetero) is 1. The lowest BCUT2D eigenvalue weighted by Gasteiger charge is -2.44. The normalized spacial score (nSPS) is 29.2. The van der Waals surface area contributed by atoms with E-state index in [1.807, 2.05) is 20.8 Å². The smallest absolute Gasteiger partial charge is 0.159 e. The third kappa shape index (κ3) is 3.68. The van der Waals surface area contributed by atoms with Crippen molar-refractivity contribution >= 4 is 5.78 Å². The van der Waals surface area contributed by atoms with Gasteiger partial charge in [-0.1, -0.05) is 45.9 Å². The molecule has 3 nitrogen and oxygen atoms in total. The second-order valence-corrected chi connectivity index (χ2v) is 7.61. The van der Waals surface area contributed by atoms with Crippen molar-refractivity contribution in [2.75, 3.05) is 6.61 Å². The molecule has 2 aliphatic rings. The van der Waals surface area contributed by atoms with Crippen molar-refractivity contribution in [1.29, 1.82) is 0 Å². The van der Waals surface area contributed by atoms with Crippen molar-refractivity contribution in [3.05, 3.63) is 36.0 Å². The molecule has 0 saturated heterocycles. The van der Waals surface area contributed by atoms with Crippen molar-refractivity contribution in [2.45, 2.75) is 72.8 Å². The van der Waals surface area contributed by atoms with Crippen LogP contribution in [-0.2, 0) is 4.79 Å². The van der Waals surface area contributed by atoms with Crippen molar-refractivity contribution in [3.8, 4) is 0 Å². The van der Waals surface area contributed by atoms with Crippen LogP contribution >= 0.6 is 0 Å². The third-order valence-corrected chi connectivity index (χ3v) is 6.36. The highest BCUT2D eigenvalue weighted by Crippen LogP contribution is 2.57. The van der Waals surface area contributed by atoms with Gasteiger partial charge in [-0.25, -0.2) is 0 Å². The van der Waals surface area contributed by atoms with E-state index < -0.39 is 16.9 Å². The standard InChI is InChI=1S/C20H30O3.C2H6/c1-6-19(5,11-12-21)18(23)15(4)20-9-7-13(2)14(3)17(20)16(22)8-10-20;1-2/h6,13,18,21,23H,1,4,7-12H2,2-3,5H3;1-2H3. The molecule has 3 heteroatoms. The molecular formula is C22H36O3. The molecule has 4 atom stereocenters. The summed E-state index contributed by atoms with van der Waals surface area (Å²) in [5.41, 5.74) is 1.76. The topological polar surface area (TPSA) is 57.5 Å². The molecule has 2 N–H and O–H groups in total. The predicted molar refractivity (Wildman–Crippen MR) is 104 cm³/mol. The summed E-state index contributed by atoms with van der Waals surface area (Å²) >= 11 is 0. The Morgan fingerprint density at radius 1 is 1.44 bits per heavy atom. The molecule has 0 aliphatic heterocycles. The number of rotatable bonds is 6. The lowest BCUT2D eigenvalue weighted by Crippen LogP contribution is -2.41. The van der Waals surface area contributed by atoms with E-state index in [0.29, 0.717) is 18.8 Å². The summed E-state index contributed by atoms with van der Waals surface area (Å²) in [6.07, 6.45) is 4.48. The first-order valence-electron chi connectivity index (χ1n) is 9.59. The van der Waals surface area contributed by atoms with Gasteiger partial charge in [-0.15, -0.1) is 6.58 Å². The van der Waals surface area contributed by atoms with Crippen LogP contribution in [0.2, 0.25) is 0 Å². The maximum Gasteiger partial charge on any atom is 0.159 e. The molecule has 142 valence electrons. The molecular weight excluding hydrogens is 312 g/mol. The van der Waals surface area contributed by atoms with E-state index in [0.717, 1.165) is 36.0 Å². The van der Waals surface area contributed by atoms with E-state index >= 15 is 0 Å². The predicted octanol–water partition coefficient (Wildman–Crippen LogP) is 4.60. The molecule has 0 aromatic carbocycles. The quantitative estimate of drug-likeness (QED) is 0.690. The summed E-state index contributed by atoms with van der Waals surface area (Å²) in [4.78, 5) is 12.5. The van der Waals surface area contributed by atoms with Gasteiger partial charge in [0.2, 0.25) is 0 Å². The summed E-state index contributed by atoms with van der Waals surface area (Å²) in [5, 5.41) is 20.3. The highest BCUT2D eigenvalue weighted by molar-refractivity contribution is 6.01. The van der Waals surface area contributed by atoms with Gasteiger partial charge in [-0.2, -0.15) is 0 Å². The largest absolute Gasteiger partial charge is 0.396 e. The minimum Gasteiger partial charge on any atom is -0.396 e. The monoisotopic (exact) mass is 348 g/mol. The highest BCUT2D eigenvalue weighted by atomic mass is 16.3. The van der Waals surface area contributed by atoms with Gasteiger partial charge >= 0.3 is 0 Å².